The quantitative estimate of drug-likeness (QED) is 0.364. The fourth-order valence-corrected chi connectivity index (χ4v) is 2.47. The molecule has 0 radical (unpaired) electrons. The minimum Gasteiger partial charge on any atom is -0.506 e. The number of nitrogens with one attached hydrogen (secondary N) is 3. The second-order valence-electron chi connectivity index (χ2n) is 5.43. The van der Waals surface area contributed by atoms with E-state index in [4.69, 9.17) is 27.5 Å². The first kappa shape index (κ1) is 19.9. The largest absolute Gasteiger partial charge is 0.506 e. The van der Waals surface area contributed by atoms with Crippen LogP contribution in [-0.2, 0) is 20.9 Å². The summed E-state index contributed by atoms with van der Waals surface area (Å²) in [6.07, 6.45) is 0.925. The van der Waals surface area contributed by atoms with Crippen LogP contribution in [0.1, 0.15) is 5.56 Å². The van der Waals surface area contributed by atoms with Crippen molar-refractivity contribution in [3.8, 4) is 0 Å². The van der Waals surface area contributed by atoms with E-state index >= 15 is 0 Å². The van der Waals surface area contributed by atoms with Crippen molar-refractivity contribution in [3.63, 3.8) is 0 Å². The van der Waals surface area contributed by atoms with Gasteiger partial charge in [-0.05, 0) is 11.6 Å². The van der Waals surface area contributed by atoms with Gasteiger partial charge in [0.15, 0.2) is 0 Å². The molecule has 1 aliphatic heterocycles. The van der Waals surface area contributed by atoms with E-state index in [1.54, 1.807) is 30.3 Å². The van der Waals surface area contributed by atoms with E-state index in [9.17, 15) is 19.5 Å². The topological polar surface area (TPSA) is 155 Å². The van der Waals surface area contributed by atoms with Crippen LogP contribution >= 0.6 is 11.6 Å². The number of carboxylic acids is 1. The number of amides is 2. The van der Waals surface area contributed by atoms with Gasteiger partial charge >= 0.3 is 5.97 Å². The second-order valence-corrected chi connectivity index (χ2v) is 5.84. The Bertz CT molecular complexity index is 892. The van der Waals surface area contributed by atoms with E-state index in [1.807, 2.05) is 5.32 Å². The maximum absolute atomic E-state index is 12.7. The van der Waals surface area contributed by atoms with Crippen LogP contribution in [0.25, 0.3) is 0 Å². The number of amidine groups is 1. The van der Waals surface area contributed by atoms with Crippen LogP contribution in [0.3, 0.4) is 0 Å². The van der Waals surface area contributed by atoms with Crippen LogP contribution in [0.4, 0.5) is 0 Å². The number of aliphatic carboxylic acids is 1. The molecule has 27 heavy (non-hydrogen) atoms. The van der Waals surface area contributed by atoms with E-state index in [0.717, 1.165) is 11.0 Å². The van der Waals surface area contributed by atoms with Crippen LogP contribution in [0, 0.1) is 10.8 Å². The third kappa shape index (κ3) is 4.59. The van der Waals surface area contributed by atoms with Gasteiger partial charge in [-0.2, -0.15) is 0 Å². The third-order valence-electron chi connectivity index (χ3n) is 3.56. The number of benzene rings is 1. The first-order valence-electron chi connectivity index (χ1n) is 7.56. The number of aliphatic hydroxyl groups is 1. The number of allylic oxidation sites excluding steroid dienone is 1. The van der Waals surface area contributed by atoms with Gasteiger partial charge in [-0.25, -0.2) is 0 Å². The highest BCUT2D eigenvalue weighted by atomic mass is 35.5. The predicted octanol–water partition coefficient (Wildman–Crippen LogP) is 1.16. The number of carbonyl (C=O) groups is 3. The Kier molecular flexibility index (Phi) is 6.09. The SMILES string of the molecule is N=C(Cl)/C=C1\C(=N)N(Cc2ccccc2)C(=O)C(C(=O)NCC(=O)O)=C1O. The zero-order valence-electron chi connectivity index (χ0n) is 13.8. The fourth-order valence-electron chi connectivity index (χ4n) is 2.36. The average molecular weight is 391 g/mol. The molecule has 1 aromatic rings. The van der Waals surface area contributed by atoms with E-state index in [-0.39, 0.29) is 12.1 Å². The van der Waals surface area contributed by atoms with Gasteiger partial charge in [0.05, 0.1) is 12.1 Å². The van der Waals surface area contributed by atoms with Crippen molar-refractivity contribution in [2.45, 2.75) is 6.54 Å². The van der Waals surface area contributed by atoms with Crippen molar-refractivity contribution in [1.29, 1.82) is 10.8 Å². The van der Waals surface area contributed by atoms with Crippen LogP contribution < -0.4 is 5.32 Å². The molecule has 5 N–H and O–H groups in total. The molecular weight excluding hydrogens is 376 g/mol. The smallest absolute Gasteiger partial charge is 0.322 e. The van der Waals surface area contributed by atoms with Crippen molar-refractivity contribution in [1.82, 2.24) is 10.2 Å². The van der Waals surface area contributed by atoms with Crippen LogP contribution in [0.5, 0.6) is 0 Å². The Labute approximate surface area is 158 Å². The molecule has 9 nitrogen and oxygen atoms in total. The highest BCUT2D eigenvalue weighted by Crippen LogP contribution is 2.26. The summed E-state index contributed by atoms with van der Waals surface area (Å²) >= 11 is 5.51. The van der Waals surface area contributed by atoms with Crippen molar-refractivity contribution in [2.75, 3.05) is 6.54 Å². The Morgan fingerprint density at radius 1 is 1.26 bits per heavy atom. The normalized spacial score (nSPS) is 15.9. The number of hydrogen-bond donors (Lipinski definition) is 5. The number of rotatable bonds is 6. The molecule has 2 amide bonds. The molecule has 1 heterocycles. The standard InChI is InChI=1S/C17H15ClN4O5/c18-11(19)6-10-14(25)13(16(26)21-7-12(23)24)17(27)22(15(10)20)8-9-4-2-1-3-5-9/h1-6,19-20,25H,7-8H2,(H,21,26)(H,23,24)/b10-6-,19-11?,20-15?. The molecule has 0 unspecified atom stereocenters. The van der Waals surface area contributed by atoms with E-state index in [1.165, 1.54) is 0 Å². The Hall–Kier alpha value is -3.46. The molecule has 0 fully saturated rings. The molecule has 0 aromatic heterocycles. The average Bonchev–Trinajstić information content (AvgIpc) is 2.61. The molecule has 0 atom stereocenters. The molecule has 0 bridgehead atoms. The monoisotopic (exact) mass is 390 g/mol. The van der Waals surface area contributed by atoms with Gasteiger partial charge in [0.2, 0.25) is 0 Å². The van der Waals surface area contributed by atoms with Gasteiger partial charge in [-0.15, -0.1) is 0 Å². The van der Waals surface area contributed by atoms with Crippen LogP contribution in [0.2, 0.25) is 0 Å². The Morgan fingerprint density at radius 3 is 2.44 bits per heavy atom. The lowest BCUT2D eigenvalue weighted by atomic mass is 9.98. The zero-order valence-corrected chi connectivity index (χ0v) is 14.6. The van der Waals surface area contributed by atoms with E-state index in [2.05, 4.69) is 0 Å². The molecule has 10 heteroatoms. The van der Waals surface area contributed by atoms with Crippen molar-refractivity contribution in [2.24, 2.45) is 0 Å². The Balaban J connectivity index is 2.48. The lowest BCUT2D eigenvalue weighted by molar-refractivity contribution is -0.138. The summed E-state index contributed by atoms with van der Waals surface area (Å²) in [5.74, 6) is -4.71. The minimum atomic E-state index is -1.33. The molecule has 0 saturated carbocycles. The summed E-state index contributed by atoms with van der Waals surface area (Å²) in [5, 5.41) is 35.9. The second kappa shape index (κ2) is 8.28. The first-order valence-corrected chi connectivity index (χ1v) is 7.94. The van der Waals surface area contributed by atoms with Gasteiger partial charge in [-0.1, -0.05) is 41.9 Å². The number of halogens is 1. The minimum absolute atomic E-state index is 0.0749. The predicted molar refractivity (Wildman–Crippen MR) is 96.7 cm³/mol. The molecular formula is C17H15ClN4O5. The fraction of sp³-hybridized carbons (Fsp3) is 0.118. The van der Waals surface area contributed by atoms with Gasteiger partial charge in [0, 0.05) is 0 Å². The molecule has 140 valence electrons. The van der Waals surface area contributed by atoms with Crippen LogP contribution in [0.15, 0.2) is 53.3 Å². The third-order valence-corrected chi connectivity index (χ3v) is 3.67. The number of carboxylic acid groups (broad SMARTS) is 1. The van der Waals surface area contributed by atoms with E-state index in [0.29, 0.717) is 5.56 Å². The molecule has 0 saturated heterocycles. The highest BCUT2D eigenvalue weighted by molar-refractivity contribution is 6.67. The molecule has 2 rings (SSSR count). The van der Waals surface area contributed by atoms with Crippen molar-refractivity contribution >= 4 is 40.4 Å². The number of nitrogens with zero attached hydrogens (tertiary/aromatic N) is 1. The lowest BCUT2D eigenvalue weighted by Crippen LogP contribution is -2.46. The number of aliphatic hydroxyl groups excluding tert-OH is 1. The maximum Gasteiger partial charge on any atom is 0.322 e. The lowest BCUT2D eigenvalue weighted by Gasteiger charge is -2.30. The van der Waals surface area contributed by atoms with Gasteiger partial charge < -0.3 is 15.5 Å². The van der Waals surface area contributed by atoms with Gasteiger partial charge in [-0.3, -0.25) is 30.1 Å². The molecule has 1 aliphatic rings. The zero-order chi connectivity index (χ0) is 20.1. The Morgan fingerprint density at radius 2 is 1.89 bits per heavy atom. The highest BCUT2D eigenvalue weighted by Gasteiger charge is 2.38. The van der Waals surface area contributed by atoms with Crippen molar-refractivity contribution in [3.05, 3.63) is 58.9 Å². The molecule has 1 aromatic carbocycles. The summed E-state index contributed by atoms with van der Waals surface area (Å²) in [7, 11) is 0. The van der Waals surface area contributed by atoms with E-state index < -0.39 is 46.7 Å². The summed E-state index contributed by atoms with van der Waals surface area (Å²) in [6.45, 7) is -0.835. The molecule has 0 spiro atoms. The van der Waals surface area contributed by atoms with Crippen LogP contribution in [-0.4, -0.2) is 50.4 Å². The number of hydrogen-bond acceptors (Lipinski definition) is 6. The van der Waals surface area contributed by atoms with Gasteiger partial charge in [0.1, 0.15) is 28.9 Å². The first-order chi connectivity index (χ1) is 12.7. The van der Waals surface area contributed by atoms with Gasteiger partial charge in [0.25, 0.3) is 11.8 Å². The number of carbonyl (C=O) groups excluding carboxylic acids is 2. The molecule has 0 aliphatic carbocycles. The summed E-state index contributed by atoms with van der Waals surface area (Å²) in [5.41, 5.74) is -0.374. The summed E-state index contributed by atoms with van der Waals surface area (Å²) in [6, 6.07) is 8.63. The summed E-state index contributed by atoms with van der Waals surface area (Å²) in [4.78, 5) is 36.5. The van der Waals surface area contributed by atoms with Crippen molar-refractivity contribution < 1.29 is 24.6 Å². The maximum atomic E-state index is 12.7. The summed E-state index contributed by atoms with van der Waals surface area (Å²) < 4.78 is 0.